The van der Waals surface area contributed by atoms with Gasteiger partial charge in [-0.2, -0.15) is 13.2 Å². The van der Waals surface area contributed by atoms with Crippen LogP contribution in [-0.2, 0) is 16.0 Å². The van der Waals surface area contributed by atoms with E-state index in [4.69, 9.17) is 0 Å². The van der Waals surface area contributed by atoms with Crippen LogP contribution < -0.4 is 10.9 Å². The number of hydrogen-bond donors (Lipinski definition) is 3. The largest absolute Gasteiger partial charge is 0.480 e. The predicted molar refractivity (Wildman–Crippen MR) is 97.5 cm³/mol. The molecule has 1 aromatic heterocycles. The lowest BCUT2D eigenvalue weighted by molar-refractivity contribution is -0.172. The average Bonchev–Trinajstić information content (AvgIpc) is 2.67. The SMILES string of the molecule is O=C(O)[C@@H]1C(Cc2cc[nH]c(=O)c2)C(=O)N1C(=O)N[C@@H](C1CCCCC1)C(F)(F)F. The van der Waals surface area contributed by atoms with Gasteiger partial charge in [-0.05, 0) is 36.8 Å². The van der Waals surface area contributed by atoms with Crippen molar-refractivity contribution in [1.29, 1.82) is 0 Å². The molecule has 0 aromatic carbocycles. The molecular formula is C19H22F3N3O5. The Balaban J connectivity index is 1.74. The maximum absolute atomic E-state index is 13.5. The molecule has 1 aliphatic heterocycles. The maximum Gasteiger partial charge on any atom is 0.408 e. The van der Waals surface area contributed by atoms with Crippen molar-refractivity contribution in [2.75, 3.05) is 0 Å². The van der Waals surface area contributed by atoms with Gasteiger partial charge in [0.1, 0.15) is 6.04 Å². The van der Waals surface area contributed by atoms with Crippen molar-refractivity contribution in [3.8, 4) is 0 Å². The van der Waals surface area contributed by atoms with E-state index >= 15 is 0 Å². The number of carboxylic acids is 1. The standard InChI is InChI=1S/C19H22F3N3O5/c20-19(21,22)15(11-4-2-1-3-5-11)24-18(30)25-14(17(28)29)12(16(25)27)8-10-6-7-23-13(26)9-10/h6-7,9,11-12,14-15H,1-5,8H2,(H,23,26)(H,24,30)(H,28,29)/t12?,14-,15-/m0/s1. The maximum atomic E-state index is 13.5. The Morgan fingerprint density at radius 1 is 1.23 bits per heavy atom. The second-order valence-electron chi connectivity index (χ2n) is 7.73. The first-order valence-electron chi connectivity index (χ1n) is 9.70. The quantitative estimate of drug-likeness (QED) is 0.619. The molecule has 164 valence electrons. The molecule has 1 saturated carbocycles. The molecule has 11 heteroatoms. The zero-order chi connectivity index (χ0) is 22.1. The first-order chi connectivity index (χ1) is 14.1. The fourth-order valence-electron chi connectivity index (χ4n) is 4.26. The number of alkyl halides is 3. The molecule has 1 unspecified atom stereocenters. The molecule has 1 aromatic rings. The second kappa shape index (κ2) is 8.49. The summed E-state index contributed by atoms with van der Waals surface area (Å²) in [6, 6.07) is -2.42. The van der Waals surface area contributed by atoms with Crippen LogP contribution in [0.3, 0.4) is 0 Å². The summed E-state index contributed by atoms with van der Waals surface area (Å²) >= 11 is 0. The van der Waals surface area contributed by atoms with Gasteiger partial charge in [-0.3, -0.25) is 9.59 Å². The number of halogens is 3. The summed E-state index contributed by atoms with van der Waals surface area (Å²) in [6.07, 6.45) is -0.844. The van der Waals surface area contributed by atoms with Crippen LogP contribution in [0.4, 0.5) is 18.0 Å². The lowest BCUT2D eigenvalue weighted by atomic mass is 9.82. The topological polar surface area (TPSA) is 120 Å². The van der Waals surface area contributed by atoms with Crippen LogP contribution in [0.25, 0.3) is 0 Å². The summed E-state index contributed by atoms with van der Waals surface area (Å²) in [4.78, 5) is 50.6. The van der Waals surface area contributed by atoms with Gasteiger partial charge < -0.3 is 15.4 Å². The number of amides is 3. The van der Waals surface area contributed by atoms with Crippen LogP contribution in [0.1, 0.15) is 37.7 Å². The highest BCUT2D eigenvalue weighted by molar-refractivity contribution is 6.07. The van der Waals surface area contributed by atoms with Crippen molar-refractivity contribution in [3.63, 3.8) is 0 Å². The Morgan fingerprint density at radius 2 is 1.90 bits per heavy atom. The number of carboxylic acid groups (broad SMARTS) is 1. The molecular weight excluding hydrogens is 407 g/mol. The van der Waals surface area contributed by atoms with Gasteiger partial charge in [0.25, 0.3) is 0 Å². The zero-order valence-electron chi connectivity index (χ0n) is 15.9. The number of pyridine rings is 1. The molecule has 8 nitrogen and oxygen atoms in total. The summed E-state index contributed by atoms with van der Waals surface area (Å²) in [5.41, 5.74) is -0.0555. The van der Waals surface area contributed by atoms with Crippen molar-refractivity contribution >= 4 is 17.9 Å². The third-order valence-electron chi connectivity index (χ3n) is 5.73. The van der Waals surface area contributed by atoms with E-state index in [1.54, 1.807) is 0 Å². The molecule has 1 saturated heterocycles. The highest BCUT2D eigenvalue weighted by Gasteiger charge is 2.56. The molecule has 2 aliphatic rings. The first-order valence-corrected chi connectivity index (χ1v) is 9.70. The Morgan fingerprint density at radius 3 is 2.47 bits per heavy atom. The highest BCUT2D eigenvalue weighted by Crippen LogP contribution is 2.36. The second-order valence-corrected chi connectivity index (χ2v) is 7.73. The highest BCUT2D eigenvalue weighted by atomic mass is 19.4. The molecule has 3 N–H and O–H groups in total. The van der Waals surface area contributed by atoms with E-state index in [0.29, 0.717) is 36.1 Å². The summed E-state index contributed by atoms with van der Waals surface area (Å²) in [5, 5.41) is 11.3. The van der Waals surface area contributed by atoms with Gasteiger partial charge in [0.2, 0.25) is 11.5 Å². The normalized spacial score (nSPS) is 23.6. The van der Waals surface area contributed by atoms with Crippen molar-refractivity contribution < 1.29 is 32.7 Å². The summed E-state index contributed by atoms with van der Waals surface area (Å²) in [7, 11) is 0. The van der Waals surface area contributed by atoms with Crippen LogP contribution in [0, 0.1) is 11.8 Å². The van der Waals surface area contributed by atoms with Crippen molar-refractivity contribution in [2.24, 2.45) is 11.8 Å². The van der Waals surface area contributed by atoms with E-state index < -0.39 is 53.6 Å². The third kappa shape index (κ3) is 4.49. The number of carbonyl (C=O) groups is 3. The molecule has 0 bridgehead atoms. The lowest BCUT2D eigenvalue weighted by Crippen LogP contribution is -2.70. The van der Waals surface area contributed by atoms with Gasteiger partial charge in [-0.1, -0.05) is 19.3 Å². The van der Waals surface area contributed by atoms with E-state index in [1.807, 2.05) is 5.32 Å². The molecule has 0 radical (unpaired) electrons. The van der Waals surface area contributed by atoms with E-state index in [1.165, 1.54) is 18.3 Å². The minimum atomic E-state index is -4.71. The number of aliphatic carboxylic acids is 1. The fourth-order valence-corrected chi connectivity index (χ4v) is 4.26. The number of nitrogens with one attached hydrogen (secondary N) is 2. The van der Waals surface area contributed by atoms with Gasteiger partial charge >= 0.3 is 18.2 Å². The number of rotatable bonds is 5. The van der Waals surface area contributed by atoms with E-state index in [2.05, 4.69) is 4.98 Å². The van der Waals surface area contributed by atoms with Crippen LogP contribution in [0.15, 0.2) is 23.1 Å². The first kappa shape index (κ1) is 21.8. The number of aromatic nitrogens is 1. The van der Waals surface area contributed by atoms with Crippen molar-refractivity contribution in [2.45, 2.75) is 56.8 Å². The molecule has 3 rings (SSSR count). The molecule has 30 heavy (non-hydrogen) atoms. The molecule has 3 amide bonds. The Bertz CT molecular complexity index is 879. The molecule has 2 fully saturated rings. The number of β-lactam (4-membered cyclic amide) rings is 1. The summed E-state index contributed by atoms with van der Waals surface area (Å²) in [6.45, 7) is 0. The smallest absolute Gasteiger partial charge is 0.408 e. The van der Waals surface area contributed by atoms with Crippen molar-refractivity contribution in [3.05, 3.63) is 34.2 Å². The Labute approximate surface area is 169 Å². The van der Waals surface area contributed by atoms with Gasteiger partial charge in [-0.15, -0.1) is 0 Å². The zero-order valence-corrected chi connectivity index (χ0v) is 15.9. The van der Waals surface area contributed by atoms with Crippen LogP contribution >= 0.6 is 0 Å². The molecule has 2 heterocycles. The van der Waals surface area contributed by atoms with Gasteiger partial charge in [-0.25, -0.2) is 14.5 Å². The summed E-state index contributed by atoms with van der Waals surface area (Å²) < 4.78 is 40.6. The predicted octanol–water partition coefficient (Wildman–Crippen LogP) is 2.05. The molecule has 1 aliphatic carbocycles. The Hall–Kier alpha value is -2.85. The third-order valence-corrected chi connectivity index (χ3v) is 5.73. The summed E-state index contributed by atoms with van der Waals surface area (Å²) in [5.74, 6) is -4.34. The van der Waals surface area contributed by atoms with Crippen LogP contribution in [-0.4, -0.2) is 51.2 Å². The average molecular weight is 429 g/mol. The minimum Gasteiger partial charge on any atom is -0.480 e. The van der Waals surface area contributed by atoms with E-state index in [0.717, 1.165) is 6.42 Å². The Kier molecular flexibility index (Phi) is 6.18. The number of likely N-dealkylation sites (tertiary alicyclic amines) is 1. The number of imide groups is 1. The van der Waals surface area contributed by atoms with E-state index in [-0.39, 0.29) is 6.42 Å². The number of aromatic amines is 1. The lowest BCUT2D eigenvalue weighted by Gasteiger charge is -2.44. The van der Waals surface area contributed by atoms with Crippen LogP contribution in [0.5, 0.6) is 0 Å². The molecule has 0 spiro atoms. The number of urea groups is 1. The molecule has 3 atom stereocenters. The monoisotopic (exact) mass is 429 g/mol. The van der Waals surface area contributed by atoms with E-state index in [9.17, 15) is 37.5 Å². The fraction of sp³-hybridized carbons (Fsp3) is 0.579. The number of H-pyrrole nitrogens is 1. The van der Waals surface area contributed by atoms with Gasteiger partial charge in [0, 0.05) is 12.3 Å². The minimum absolute atomic E-state index is 0.116. The number of carbonyl (C=O) groups excluding carboxylic acids is 2. The van der Waals surface area contributed by atoms with Crippen molar-refractivity contribution in [1.82, 2.24) is 15.2 Å². The van der Waals surface area contributed by atoms with Crippen LogP contribution in [0.2, 0.25) is 0 Å². The van der Waals surface area contributed by atoms with Gasteiger partial charge in [0.05, 0.1) is 5.92 Å². The number of hydrogen-bond acceptors (Lipinski definition) is 4. The van der Waals surface area contributed by atoms with Gasteiger partial charge in [0.15, 0.2) is 6.04 Å². The number of nitrogens with zero attached hydrogens (tertiary/aromatic N) is 1.